The zero-order valence-electron chi connectivity index (χ0n) is 8.61. The van der Waals surface area contributed by atoms with Gasteiger partial charge in [0.15, 0.2) is 0 Å². The van der Waals surface area contributed by atoms with Crippen LogP contribution < -0.4 is 16.4 Å². The van der Waals surface area contributed by atoms with Crippen LogP contribution in [0.4, 0.5) is 0 Å². The van der Waals surface area contributed by atoms with Crippen molar-refractivity contribution in [3.63, 3.8) is 0 Å². The van der Waals surface area contributed by atoms with Crippen LogP contribution in [-0.2, 0) is 4.79 Å². The molecule has 1 saturated heterocycles. The molecule has 0 aromatic heterocycles. The average Bonchev–Trinajstić information content (AvgIpc) is 2.03. The average molecular weight is 185 g/mol. The number of hydrogen-bond donors (Lipinski definition) is 3. The van der Waals surface area contributed by atoms with Crippen LogP contribution >= 0.6 is 0 Å². The highest BCUT2D eigenvalue weighted by atomic mass is 16.1. The van der Waals surface area contributed by atoms with E-state index in [0.717, 1.165) is 13.1 Å². The maximum absolute atomic E-state index is 11.4. The Hall–Kier alpha value is -0.610. The molecule has 1 aliphatic heterocycles. The Kier molecular flexibility index (Phi) is 2.63. The van der Waals surface area contributed by atoms with Crippen molar-refractivity contribution in [3.8, 4) is 0 Å². The van der Waals surface area contributed by atoms with Crippen LogP contribution in [-0.4, -0.2) is 31.1 Å². The van der Waals surface area contributed by atoms with Gasteiger partial charge in [-0.15, -0.1) is 0 Å². The first-order chi connectivity index (χ1) is 5.90. The van der Waals surface area contributed by atoms with Gasteiger partial charge in [0.1, 0.15) is 5.54 Å². The number of rotatable bonds is 1. The molecule has 0 bridgehead atoms. The van der Waals surface area contributed by atoms with Gasteiger partial charge in [0.05, 0.1) is 0 Å². The lowest BCUT2D eigenvalue weighted by Gasteiger charge is -2.45. The van der Waals surface area contributed by atoms with E-state index in [-0.39, 0.29) is 11.3 Å². The highest BCUT2D eigenvalue weighted by Gasteiger charge is 2.47. The Labute approximate surface area is 79.3 Å². The molecule has 1 heterocycles. The standard InChI is InChI=1S/C9H19N3O/c1-8(2,3)9(7(10)13)6-11-4-5-12-9/h11-12H,4-6H2,1-3H3,(H2,10,13). The molecule has 0 aromatic carbocycles. The van der Waals surface area contributed by atoms with Gasteiger partial charge in [0, 0.05) is 19.6 Å². The number of nitrogens with two attached hydrogens (primary N) is 1. The number of hydrogen-bond acceptors (Lipinski definition) is 3. The van der Waals surface area contributed by atoms with Crippen LogP contribution in [0.1, 0.15) is 20.8 Å². The highest BCUT2D eigenvalue weighted by Crippen LogP contribution is 2.30. The fraction of sp³-hybridized carbons (Fsp3) is 0.889. The molecule has 1 rings (SSSR count). The molecule has 0 radical (unpaired) electrons. The van der Waals surface area contributed by atoms with Gasteiger partial charge in [0.25, 0.3) is 0 Å². The summed E-state index contributed by atoms with van der Waals surface area (Å²) in [7, 11) is 0. The Morgan fingerprint density at radius 3 is 2.23 bits per heavy atom. The summed E-state index contributed by atoms with van der Waals surface area (Å²) in [5.74, 6) is -0.271. The lowest BCUT2D eigenvalue weighted by molar-refractivity contribution is -0.129. The van der Waals surface area contributed by atoms with Crippen molar-refractivity contribution in [2.45, 2.75) is 26.3 Å². The van der Waals surface area contributed by atoms with Crippen molar-refractivity contribution >= 4 is 5.91 Å². The third-order valence-corrected chi connectivity index (χ3v) is 2.82. The lowest BCUT2D eigenvalue weighted by Crippen LogP contribution is -2.71. The van der Waals surface area contributed by atoms with Crippen molar-refractivity contribution in [3.05, 3.63) is 0 Å². The molecule has 4 nitrogen and oxygen atoms in total. The molecule has 4 heteroatoms. The fourth-order valence-electron chi connectivity index (χ4n) is 1.78. The Morgan fingerprint density at radius 2 is 2.00 bits per heavy atom. The van der Waals surface area contributed by atoms with E-state index in [9.17, 15) is 4.79 Å². The zero-order chi connectivity index (χ0) is 10.1. The molecule has 1 aliphatic rings. The number of primary amides is 1. The van der Waals surface area contributed by atoms with Crippen LogP contribution in [0.2, 0.25) is 0 Å². The maximum atomic E-state index is 11.4. The van der Waals surface area contributed by atoms with E-state index in [4.69, 9.17) is 5.73 Å². The monoisotopic (exact) mass is 185 g/mol. The predicted octanol–water partition coefficient (Wildman–Crippen LogP) is -0.551. The maximum Gasteiger partial charge on any atom is 0.239 e. The Bertz CT molecular complexity index is 201. The molecule has 1 amide bonds. The normalized spacial score (nSPS) is 30.1. The zero-order valence-corrected chi connectivity index (χ0v) is 8.61. The van der Waals surface area contributed by atoms with Crippen molar-refractivity contribution in [2.75, 3.05) is 19.6 Å². The van der Waals surface area contributed by atoms with Gasteiger partial charge in [-0.1, -0.05) is 20.8 Å². The van der Waals surface area contributed by atoms with E-state index in [1.807, 2.05) is 20.8 Å². The first kappa shape index (κ1) is 10.5. The van der Waals surface area contributed by atoms with E-state index in [1.54, 1.807) is 0 Å². The summed E-state index contributed by atoms with van der Waals surface area (Å²) in [6, 6.07) is 0. The van der Waals surface area contributed by atoms with Gasteiger partial charge >= 0.3 is 0 Å². The molecule has 1 unspecified atom stereocenters. The second kappa shape index (κ2) is 3.27. The summed E-state index contributed by atoms with van der Waals surface area (Å²) in [6.07, 6.45) is 0. The minimum absolute atomic E-state index is 0.160. The largest absolute Gasteiger partial charge is 0.368 e. The molecule has 1 fully saturated rings. The lowest BCUT2D eigenvalue weighted by atomic mass is 9.72. The van der Waals surface area contributed by atoms with E-state index in [1.165, 1.54) is 0 Å². The Balaban J connectivity index is 2.93. The molecular weight excluding hydrogens is 166 g/mol. The number of carbonyl (C=O) groups excluding carboxylic acids is 1. The minimum atomic E-state index is -0.606. The molecule has 13 heavy (non-hydrogen) atoms. The van der Waals surface area contributed by atoms with Gasteiger partial charge < -0.3 is 16.4 Å². The number of nitrogens with one attached hydrogen (secondary N) is 2. The van der Waals surface area contributed by atoms with E-state index in [2.05, 4.69) is 10.6 Å². The van der Waals surface area contributed by atoms with Crippen LogP contribution in [0.15, 0.2) is 0 Å². The summed E-state index contributed by atoms with van der Waals surface area (Å²) >= 11 is 0. The molecular formula is C9H19N3O. The van der Waals surface area contributed by atoms with Crippen LogP contribution in [0, 0.1) is 5.41 Å². The van der Waals surface area contributed by atoms with Crippen molar-refractivity contribution in [2.24, 2.45) is 11.1 Å². The van der Waals surface area contributed by atoms with E-state index in [0.29, 0.717) is 6.54 Å². The predicted molar refractivity (Wildman–Crippen MR) is 52.3 cm³/mol. The highest BCUT2D eigenvalue weighted by molar-refractivity contribution is 5.86. The minimum Gasteiger partial charge on any atom is -0.368 e. The van der Waals surface area contributed by atoms with Gasteiger partial charge in [-0.2, -0.15) is 0 Å². The number of piperazine rings is 1. The topological polar surface area (TPSA) is 67.2 Å². The third kappa shape index (κ3) is 1.69. The van der Waals surface area contributed by atoms with Crippen molar-refractivity contribution < 1.29 is 4.79 Å². The Morgan fingerprint density at radius 1 is 1.38 bits per heavy atom. The van der Waals surface area contributed by atoms with Gasteiger partial charge in [0.2, 0.25) is 5.91 Å². The summed E-state index contributed by atoms with van der Waals surface area (Å²) in [4.78, 5) is 11.4. The summed E-state index contributed by atoms with van der Waals surface area (Å²) in [6.45, 7) is 8.38. The first-order valence-electron chi connectivity index (χ1n) is 4.66. The molecule has 4 N–H and O–H groups in total. The van der Waals surface area contributed by atoms with E-state index < -0.39 is 5.54 Å². The molecule has 0 aliphatic carbocycles. The van der Waals surface area contributed by atoms with Crippen LogP contribution in [0.5, 0.6) is 0 Å². The first-order valence-corrected chi connectivity index (χ1v) is 4.66. The second-order valence-electron chi connectivity index (χ2n) is 4.62. The van der Waals surface area contributed by atoms with Gasteiger partial charge in [-0.25, -0.2) is 0 Å². The van der Waals surface area contributed by atoms with Gasteiger partial charge in [-0.3, -0.25) is 4.79 Å². The van der Waals surface area contributed by atoms with Crippen LogP contribution in [0.3, 0.4) is 0 Å². The van der Waals surface area contributed by atoms with Crippen molar-refractivity contribution in [1.82, 2.24) is 10.6 Å². The smallest absolute Gasteiger partial charge is 0.239 e. The third-order valence-electron chi connectivity index (χ3n) is 2.82. The summed E-state index contributed by atoms with van der Waals surface area (Å²) in [5.41, 5.74) is 4.68. The van der Waals surface area contributed by atoms with Crippen LogP contribution in [0.25, 0.3) is 0 Å². The second-order valence-corrected chi connectivity index (χ2v) is 4.62. The summed E-state index contributed by atoms with van der Waals surface area (Å²) in [5, 5.41) is 6.44. The molecule has 1 atom stereocenters. The molecule has 0 saturated carbocycles. The fourth-order valence-corrected chi connectivity index (χ4v) is 1.78. The molecule has 0 aromatic rings. The SMILES string of the molecule is CC(C)(C)C1(C(N)=O)CNCCN1. The number of amides is 1. The van der Waals surface area contributed by atoms with E-state index >= 15 is 0 Å². The number of carbonyl (C=O) groups is 1. The quantitative estimate of drug-likeness (QED) is 0.513. The summed E-state index contributed by atoms with van der Waals surface area (Å²) < 4.78 is 0. The molecule has 0 spiro atoms. The van der Waals surface area contributed by atoms with Crippen molar-refractivity contribution in [1.29, 1.82) is 0 Å². The molecule has 76 valence electrons. The van der Waals surface area contributed by atoms with Gasteiger partial charge in [-0.05, 0) is 5.41 Å².